The number of anilines is 1. The molecule has 0 fully saturated rings. The Morgan fingerprint density at radius 2 is 1.97 bits per heavy atom. The second-order valence-electron chi connectivity index (χ2n) is 8.94. The molecule has 3 heterocycles. The lowest BCUT2D eigenvalue weighted by molar-refractivity contribution is -0.113. The minimum Gasteiger partial charge on any atom is -0.465 e. The molecule has 9 nitrogen and oxygen atoms in total. The van der Waals surface area contributed by atoms with E-state index in [1.165, 1.54) is 42.8 Å². The topological polar surface area (TPSA) is 112 Å². The van der Waals surface area contributed by atoms with Crippen LogP contribution in [0.4, 0.5) is 5.00 Å². The van der Waals surface area contributed by atoms with E-state index >= 15 is 0 Å². The molecule has 1 N–H and O–H groups in total. The molecular formula is C25H30N4O5S3. The van der Waals surface area contributed by atoms with Gasteiger partial charge in [-0.2, -0.15) is 0 Å². The summed E-state index contributed by atoms with van der Waals surface area (Å²) in [7, 11) is 2.52. The number of fused-ring (bicyclic) bond motifs is 1. The zero-order valence-electron chi connectivity index (χ0n) is 21.5. The molecule has 37 heavy (non-hydrogen) atoms. The summed E-state index contributed by atoms with van der Waals surface area (Å²) in [4.78, 5) is 39.0. The van der Waals surface area contributed by atoms with Crippen molar-refractivity contribution in [3.8, 4) is 11.4 Å². The minimum atomic E-state index is -0.632. The number of carbonyl (C=O) groups excluding carboxylic acids is 3. The number of ether oxygens (including phenoxy) is 2. The number of nitrogens with one attached hydrogen (secondary N) is 1. The minimum absolute atomic E-state index is 0.0617. The lowest BCUT2D eigenvalue weighted by atomic mass is 9.88. The molecule has 0 aromatic carbocycles. The third kappa shape index (κ3) is 5.60. The van der Waals surface area contributed by atoms with Gasteiger partial charge in [-0.3, -0.25) is 4.79 Å². The predicted octanol–water partition coefficient (Wildman–Crippen LogP) is 5.22. The molecule has 1 aliphatic rings. The number of esters is 2. The van der Waals surface area contributed by atoms with Gasteiger partial charge in [-0.05, 0) is 49.7 Å². The van der Waals surface area contributed by atoms with E-state index in [0.29, 0.717) is 16.6 Å². The first-order valence-electron chi connectivity index (χ1n) is 12.0. The van der Waals surface area contributed by atoms with Crippen molar-refractivity contribution >= 4 is 57.3 Å². The van der Waals surface area contributed by atoms with Gasteiger partial charge in [0, 0.05) is 22.4 Å². The standard InChI is InChI=1S/C25H30N4O5S3/c1-6-9-29-21(16-11-35-17-10-13(2)7-8-15(16)17)27-28-25(29)36-12-18(30)26-22-19(23(31)33-4)14(3)20(37-22)24(32)34-5/h11,13H,6-10,12H2,1-5H3,(H,26,30). The maximum atomic E-state index is 12.9. The highest BCUT2D eigenvalue weighted by molar-refractivity contribution is 7.99. The quantitative estimate of drug-likeness (QED) is 0.279. The smallest absolute Gasteiger partial charge is 0.348 e. The van der Waals surface area contributed by atoms with Gasteiger partial charge in [0.15, 0.2) is 11.0 Å². The summed E-state index contributed by atoms with van der Waals surface area (Å²) >= 11 is 4.08. The number of thioether (sulfide) groups is 1. The maximum absolute atomic E-state index is 12.9. The predicted molar refractivity (Wildman–Crippen MR) is 146 cm³/mol. The molecule has 0 spiro atoms. The number of methoxy groups -OCH3 is 2. The molecule has 1 aliphatic carbocycles. The fourth-order valence-corrected chi connectivity index (χ4v) is 7.55. The van der Waals surface area contributed by atoms with Crippen LogP contribution in [-0.2, 0) is 33.7 Å². The van der Waals surface area contributed by atoms with Gasteiger partial charge in [0.05, 0.1) is 25.5 Å². The van der Waals surface area contributed by atoms with Crippen LogP contribution >= 0.6 is 34.4 Å². The van der Waals surface area contributed by atoms with Gasteiger partial charge in [-0.1, -0.05) is 25.6 Å². The van der Waals surface area contributed by atoms with Crippen LogP contribution < -0.4 is 5.32 Å². The largest absolute Gasteiger partial charge is 0.465 e. The van der Waals surface area contributed by atoms with Crippen molar-refractivity contribution in [2.45, 2.75) is 58.2 Å². The molecule has 3 aromatic heterocycles. The van der Waals surface area contributed by atoms with E-state index in [0.717, 1.165) is 48.5 Å². The summed E-state index contributed by atoms with van der Waals surface area (Å²) in [6.45, 7) is 6.76. The van der Waals surface area contributed by atoms with Gasteiger partial charge in [-0.15, -0.1) is 32.9 Å². The Bertz CT molecular complexity index is 1330. The van der Waals surface area contributed by atoms with Crippen LogP contribution in [0.25, 0.3) is 11.4 Å². The molecular weight excluding hydrogens is 532 g/mol. The van der Waals surface area contributed by atoms with Crippen LogP contribution in [0.3, 0.4) is 0 Å². The highest BCUT2D eigenvalue weighted by Gasteiger charge is 2.28. The molecule has 0 bridgehead atoms. The van der Waals surface area contributed by atoms with Crippen molar-refractivity contribution in [2.75, 3.05) is 25.3 Å². The monoisotopic (exact) mass is 562 g/mol. The number of nitrogens with zero attached hydrogens (tertiary/aromatic N) is 3. The second-order valence-corrected chi connectivity index (χ2v) is 11.9. The fourth-order valence-electron chi connectivity index (χ4n) is 4.41. The number of hydrogen-bond acceptors (Lipinski definition) is 10. The lowest BCUT2D eigenvalue weighted by Crippen LogP contribution is -2.16. The Labute approximate surface area is 228 Å². The second kappa shape index (κ2) is 11.8. The lowest BCUT2D eigenvalue weighted by Gasteiger charge is -2.19. The summed E-state index contributed by atoms with van der Waals surface area (Å²) in [5, 5.41) is 14.8. The number of rotatable bonds is 9. The zero-order chi connectivity index (χ0) is 26.7. The molecule has 1 amide bonds. The summed E-state index contributed by atoms with van der Waals surface area (Å²) in [5.74, 6) is 0.0727. The van der Waals surface area contributed by atoms with Crippen LogP contribution in [0.15, 0.2) is 10.5 Å². The number of thiophene rings is 2. The van der Waals surface area contributed by atoms with E-state index in [9.17, 15) is 14.4 Å². The Balaban J connectivity index is 1.52. The fraction of sp³-hybridized carbons (Fsp3) is 0.480. The molecule has 0 saturated heterocycles. The van der Waals surface area contributed by atoms with E-state index in [4.69, 9.17) is 9.47 Å². The normalized spacial score (nSPS) is 14.8. The average molecular weight is 563 g/mol. The van der Waals surface area contributed by atoms with Crippen molar-refractivity contribution in [3.05, 3.63) is 31.8 Å². The third-order valence-electron chi connectivity index (χ3n) is 6.30. The number of carbonyl (C=O) groups is 3. The first kappa shape index (κ1) is 27.3. The van der Waals surface area contributed by atoms with Crippen molar-refractivity contribution in [2.24, 2.45) is 5.92 Å². The highest BCUT2D eigenvalue weighted by Crippen LogP contribution is 2.39. The van der Waals surface area contributed by atoms with Crippen molar-refractivity contribution in [3.63, 3.8) is 0 Å². The molecule has 12 heteroatoms. The van der Waals surface area contributed by atoms with E-state index < -0.39 is 11.9 Å². The SMILES string of the molecule is CCCn1c(SCC(=O)Nc2sc(C(=O)OC)c(C)c2C(=O)OC)nnc1-c1csc2c1CCC(C)C2. The summed E-state index contributed by atoms with van der Waals surface area (Å²) < 4.78 is 11.7. The number of amides is 1. The molecule has 198 valence electrons. The van der Waals surface area contributed by atoms with Crippen LogP contribution in [-0.4, -0.2) is 52.6 Å². The van der Waals surface area contributed by atoms with E-state index in [2.05, 4.69) is 39.3 Å². The van der Waals surface area contributed by atoms with Crippen LogP contribution in [0.1, 0.15) is 62.7 Å². The van der Waals surface area contributed by atoms with Crippen molar-refractivity contribution in [1.82, 2.24) is 14.8 Å². The van der Waals surface area contributed by atoms with Gasteiger partial charge in [-0.25, -0.2) is 9.59 Å². The Kier molecular flexibility index (Phi) is 8.71. The number of hydrogen-bond donors (Lipinski definition) is 1. The average Bonchev–Trinajstić information content (AvgIpc) is 3.57. The highest BCUT2D eigenvalue weighted by atomic mass is 32.2. The van der Waals surface area contributed by atoms with Crippen LogP contribution in [0.2, 0.25) is 0 Å². The third-order valence-corrected chi connectivity index (χ3v) is 9.50. The van der Waals surface area contributed by atoms with Gasteiger partial charge in [0.2, 0.25) is 5.91 Å². The van der Waals surface area contributed by atoms with Gasteiger partial charge in [0.25, 0.3) is 0 Å². The van der Waals surface area contributed by atoms with E-state index in [1.807, 2.05) is 0 Å². The molecule has 4 rings (SSSR count). The Morgan fingerprint density at radius 3 is 2.68 bits per heavy atom. The first-order chi connectivity index (χ1) is 17.8. The van der Waals surface area contributed by atoms with Crippen LogP contribution in [0, 0.1) is 12.8 Å². The summed E-state index contributed by atoms with van der Waals surface area (Å²) in [6, 6.07) is 0. The molecule has 0 saturated carbocycles. The van der Waals surface area contributed by atoms with Crippen molar-refractivity contribution < 1.29 is 23.9 Å². The maximum Gasteiger partial charge on any atom is 0.348 e. The molecule has 1 unspecified atom stereocenters. The van der Waals surface area contributed by atoms with E-state index in [-0.39, 0.29) is 27.1 Å². The molecule has 3 aromatic rings. The number of aromatic nitrogens is 3. The van der Waals surface area contributed by atoms with Gasteiger partial charge in [0.1, 0.15) is 9.88 Å². The van der Waals surface area contributed by atoms with Crippen molar-refractivity contribution in [1.29, 1.82) is 0 Å². The van der Waals surface area contributed by atoms with Gasteiger partial charge < -0.3 is 19.4 Å². The summed E-state index contributed by atoms with van der Waals surface area (Å²) in [5.41, 5.74) is 3.09. The zero-order valence-corrected chi connectivity index (χ0v) is 24.0. The molecule has 0 aliphatic heterocycles. The Morgan fingerprint density at radius 1 is 1.22 bits per heavy atom. The van der Waals surface area contributed by atoms with E-state index in [1.54, 1.807) is 18.3 Å². The van der Waals surface area contributed by atoms with Crippen LogP contribution in [0.5, 0.6) is 0 Å². The Hall–Kier alpha value is -2.70. The first-order valence-corrected chi connectivity index (χ1v) is 14.7. The van der Waals surface area contributed by atoms with Gasteiger partial charge >= 0.3 is 11.9 Å². The summed E-state index contributed by atoms with van der Waals surface area (Å²) in [6.07, 6.45) is 4.24. The molecule has 1 atom stereocenters. The molecule has 0 radical (unpaired) electrons.